The number of benzene rings is 1. The van der Waals surface area contributed by atoms with Crippen LogP contribution in [0, 0.1) is 0 Å². The van der Waals surface area contributed by atoms with Gasteiger partial charge in [-0.25, -0.2) is 0 Å². The molecule has 96 valence electrons. The summed E-state index contributed by atoms with van der Waals surface area (Å²) in [6, 6.07) is 9.34. The van der Waals surface area contributed by atoms with E-state index in [-0.39, 0.29) is 18.2 Å². The summed E-state index contributed by atoms with van der Waals surface area (Å²) in [5.74, 6) is 0.209. The molecule has 1 aromatic carbocycles. The number of carbonyl (C=O) groups is 1. The molecule has 0 bridgehead atoms. The highest BCUT2D eigenvalue weighted by Gasteiger charge is 1.98. The molecule has 0 aliphatic carbocycles. The van der Waals surface area contributed by atoms with E-state index < -0.39 is 0 Å². The fraction of sp³-hybridized carbons (Fsp3) is 0.500. The zero-order valence-corrected chi connectivity index (χ0v) is 11.3. The Kier molecular flexibility index (Phi) is 9.78. The molecule has 0 amide bonds. The Morgan fingerprint density at radius 3 is 2.06 bits per heavy atom. The first kappa shape index (κ1) is 16.1. The number of hydrogen-bond donors (Lipinski definition) is 1. The monoisotopic (exact) mass is 255 g/mol. The van der Waals surface area contributed by atoms with Crippen molar-refractivity contribution in [1.82, 2.24) is 5.32 Å². The summed E-state index contributed by atoms with van der Waals surface area (Å²) >= 11 is 0. The van der Waals surface area contributed by atoms with Gasteiger partial charge in [0.15, 0.2) is 5.78 Å². The highest BCUT2D eigenvalue weighted by Crippen LogP contribution is 2.01. The van der Waals surface area contributed by atoms with Gasteiger partial charge in [-0.15, -0.1) is 12.4 Å². The summed E-state index contributed by atoms with van der Waals surface area (Å²) in [6.07, 6.45) is 4.80. The van der Waals surface area contributed by atoms with Gasteiger partial charge < -0.3 is 5.32 Å². The zero-order chi connectivity index (χ0) is 11.6. The molecule has 1 saturated heterocycles. The Morgan fingerprint density at radius 1 is 1.12 bits per heavy atom. The van der Waals surface area contributed by atoms with Gasteiger partial charge in [0.05, 0.1) is 0 Å². The molecule has 2 nitrogen and oxygen atoms in total. The van der Waals surface area contributed by atoms with Crippen molar-refractivity contribution in [2.75, 3.05) is 13.1 Å². The predicted molar refractivity (Wildman–Crippen MR) is 75.0 cm³/mol. The Balaban J connectivity index is 0.000000316. The van der Waals surface area contributed by atoms with Crippen LogP contribution in [0.1, 0.15) is 43.0 Å². The molecule has 2 rings (SSSR count). The summed E-state index contributed by atoms with van der Waals surface area (Å²) in [6.45, 7) is 4.37. The summed E-state index contributed by atoms with van der Waals surface area (Å²) < 4.78 is 0. The van der Waals surface area contributed by atoms with E-state index in [1.54, 1.807) is 0 Å². The van der Waals surface area contributed by atoms with Crippen molar-refractivity contribution < 1.29 is 4.79 Å². The molecule has 1 aromatic rings. The highest BCUT2D eigenvalue weighted by atomic mass is 35.5. The molecule has 0 radical (unpaired) electrons. The van der Waals surface area contributed by atoms with E-state index in [2.05, 4.69) is 5.32 Å². The lowest BCUT2D eigenvalue weighted by Crippen LogP contribution is -2.21. The number of halogens is 1. The smallest absolute Gasteiger partial charge is 0.162 e. The molecule has 0 aromatic heterocycles. The average Bonchev–Trinajstić information content (AvgIpc) is 2.41. The van der Waals surface area contributed by atoms with E-state index in [4.69, 9.17) is 0 Å². The van der Waals surface area contributed by atoms with Crippen LogP contribution in [0.4, 0.5) is 0 Å². The lowest BCUT2D eigenvalue weighted by Gasteiger charge is -2.08. The molecule has 3 heteroatoms. The van der Waals surface area contributed by atoms with Crippen LogP contribution in [0.2, 0.25) is 0 Å². The maximum Gasteiger partial charge on any atom is 0.162 e. The Bertz CT molecular complexity index is 285. The van der Waals surface area contributed by atoms with Crippen LogP contribution in [0.15, 0.2) is 30.3 Å². The molecule has 1 aliphatic rings. The fourth-order valence-corrected chi connectivity index (χ4v) is 1.63. The van der Waals surface area contributed by atoms with Gasteiger partial charge in [-0.1, -0.05) is 43.7 Å². The number of carbonyl (C=O) groups excluding carboxylic acids is 1. The molecule has 17 heavy (non-hydrogen) atoms. The molecule has 0 spiro atoms. The second-order valence-corrected chi connectivity index (χ2v) is 3.95. The number of piperidine rings is 1. The normalized spacial score (nSPS) is 13.9. The van der Waals surface area contributed by atoms with Crippen LogP contribution in [-0.4, -0.2) is 18.9 Å². The standard InChI is InChI=1S/C9H10O.C5H11N.ClH/c1-2-9(10)8-6-4-3-5-7-8;1-2-4-6-5-3-1;/h3-7H,2H2,1H3;6H,1-5H2;1H. The zero-order valence-electron chi connectivity index (χ0n) is 10.4. The maximum absolute atomic E-state index is 11.0. The van der Waals surface area contributed by atoms with Gasteiger partial charge in [-0.05, 0) is 25.9 Å². The van der Waals surface area contributed by atoms with Gasteiger partial charge in [-0.2, -0.15) is 0 Å². The highest BCUT2D eigenvalue weighted by molar-refractivity contribution is 5.95. The molecule has 1 heterocycles. The average molecular weight is 256 g/mol. The third-order valence-electron chi connectivity index (χ3n) is 2.62. The van der Waals surface area contributed by atoms with E-state index in [0.717, 1.165) is 5.56 Å². The van der Waals surface area contributed by atoms with Crippen molar-refractivity contribution in [3.8, 4) is 0 Å². The lowest BCUT2D eigenvalue weighted by atomic mass is 10.1. The maximum atomic E-state index is 11.0. The summed E-state index contributed by atoms with van der Waals surface area (Å²) in [5.41, 5.74) is 0.810. The van der Waals surface area contributed by atoms with Gasteiger partial charge >= 0.3 is 0 Å². The van der Waals surface area contributed by atoms with Crippen LogP contribution >= 0.6 is 12.4 Å². The van der Waals surface area contributed by atoms with E-state index in [0.29, 0.717) is 6.42 Å². The second-order valence-electron chi connectivity index (χ2n) is 3.95. The van der Waals surface area contributed by atoms with Gasteiger partial charge in [0.25, 0.3) is 0 Å². The Morgan fingerprint density at radius 2 is 1.71 bits per heavy atom. The topological polar surface area (TPSA) is 29.1 Å². The van der Waals surface area contributed by atoms with Crippen molar-refractivity contribution in [1.29, 1.82) is 0 Å². The minimum absolute atomic E-state index is 0. The number of rotatable bonds is 2. The number of hydrogen-bond acceptors (Lipinski definition) is 2. The summed E-state index contributed by atoms with van der Waals surface area (Å²) in [7, 11) is 0. The van der Waals surface area contributed by atoms with Gasteiger partial charge in [0, 0.05) is 12.0 Å². The molecule has 1 N–H and O–H groups in total. The molecular weight excluding hydrogens is 234 g/mol. The number of Topliss-reactive ketones (excluding diaryl/α,β-unsaturated/α-hetero) is 1. The largest absolute Gasteiger partial charge is 0.317 e. The molecule has 1 aliphatic heterocycles. The van der Waals surface area contributed by atoms with Crippen molar-refractivity contribution in [2.24, 2.45) is 0 Å². The van der Waals surface area contributed by atoms with Crippen LogP contribution in [0.25, 0.3) is 0 Å². The quantitative estimate of drug-likeness (QED) is 0.820. The SMILES string of the molecule is C1CCNCC1.CCC(=O)c1ccccc1.Cl. The third kappa shape index (κ3) is 7.14. The van der Waals surface area contributed by atoms with Crippen LogP contribution in [0.3, 0.4) is 0 Å². The minimum Gasteiger partial charge on any atom is -0.317 e. The Hall–Kier alpha value is -0.860. The summed E-state index contributed by atoms with van der Waals surface area (Å²) in [5, 5.41) is 3.28. The first-order valence-electron chi connectivity index (χ1n) is 6.13. The van der Waals surface area contributed by atoms with E-state index >= 15 is 0 Å². The van der Waals surface area contributed by atoms with Crippen molar-refractivity contribution in [3.05, 3.63) is 35.9 Å². The van der Waals surface area contributed by atoms with Gasteiger partial charge in [0.2, 0.25) is 0 Å². The van der Waals surface area contributed by atoms with Crippen molar-refractivity contribution in [3.63, 3.8) is 0 Å². The number of ketones is 1. The second kappa shape index (κ2) is 10.3. The van der Waals surface area contributed by atoms with Crippen LogP contribution in [0.5, 0.6) is 0 Å². The van der Waals surface area contributed by atoms with E-state index in [1.807, 2.05) is 37.3 Å². The first-order chi connectivity index (χ1) is 7.84. The molecule has 1 fully saturated rings. The van der Waals surface area contributed by atoms with E-state index in [1.165, 1.54) is 32.4 Å². The van der Waals surface area contributed by atoms with Crippen LogP contribution < -0.4 is 5.32 Å². The summed E-state index contributed by atoms with van der Waals surface area (Å²) in [4.78, 5) is 11.0. The predicted octanol–water partition coefficient (Wildman–Crippen LogP) is 3.46. The Labute approximate surface area is 110 Å². The van der Waals surface area contributed by atoms with Crippen molar-refractivity contribution in [2.45, 2.75) is 32.6 Å². The van der Waals surface area contributed by atoms with Gasteiger partial charge in [0.1, 0.15) is 0 Å². The molecule has 0 unspecified atom stereocenters. The fourth-order valence-electron chi connectivity index (χ4n) is 1.63. The minimum atomic E-state index is 0. The van der Waals surface area contributed by atoms with Crippen LogP contribution in [-0.2, 0) is 0 Å². The first-order valence-corrected chi connectivity index (χ1v) is 6.13. The number of nitrogens with one attached hydrogen (secondary N) is 1. The molecule has 0 atom stereocenters. The third-order valence-corrected chi connectivity index (χ3v) is 2.62. The molecule has 0 saturated carbocycles. The van der Waals surface area contributed by atoms with E-state index in [9.17, 15) is 4.79 Å². The lowest BCUT2D eigenvalue weighted by molar-refractivity contribution is 0.0988. The molecular formula is C14H22ClNO. The van der Waals surface area contributed by atoms with Gasteiger partial charge in [-0.3, -0.25) is 4.79 Å². The van der Waals surface area contributed by atoms with Crippen molar-refractivity contribution >= 4 is 18.2 Å².